The number of likely N-dealkylation sites (tertiary alicyclic amines) is 1. The molecule has 0 saturated carbocycles. The van der Waals surface area contributed by atoms with E-state index in [1.807, 2.05) is 16.5 Å². The third-order valence-corrected chi connectivity index (χ3v) is 5.67. The number of hydrogen-bond acceptors (Lipinski definition) is 4. The Balaban J connectivity index is 1.51. The highest BCUT2D eigenvalue weighted by molar-refractivity contribution is 5.95. The fraction of sp³-hybridized carbons (Fsp3) is 0.789. The van der Waals surface area contributed by atoms with Crippen molar-refractivity contribution in [2.75, 3.05) is 52.9 Å². The Morgan fingerprint density at radius 3 is 2.68 bits per heavy atom. The molecule has 0 aromatic carbocycles. The molecule has 1 amide bonds. The van der Waals surface area contributed by atoms with E-state index in [0.29, 0.717) is 0 Å². The number of aryl methyl sites for hydroxylation is 1. The Labute approximate surface area is 151 Å². The average Bonchev–Trinajstić information content (AvgIpc) is 2.96. The molecule has 6 nitrogen and oxygen atoms in total. The summed E-state index contributed by atoms with van der Waals surface area (Å²) in [6.45, 7) is 12.3. The van der Waals surface area contributed by atoms with Gasteiger partial charge < -0.3 is 9.80 Å². The van der Waals surface area contributed by atoms with Crippen molar-refractivity contribution in [3.63, 3.8) is 0 Å². The van der Waals surface area contributed by atoms with Crippen LogP contribution < -0.4 is 0 Å². The smallest absolute Gasteiger partial charge is 0.257 e. The van der Waals surface area contributed by atoms with Crippen molar-refractivity contribution in [1.82, 2.24) is 24.5 Å². The zero-order valence-corrected chi connectivity index (χ0v) is 16.1. The topological polar surface area (TPSA) is 44.6 Å². The fourth-order valence-electron chi connectivity index (χ4n) is 4.18. The zero-order chi connectivity index (χ0) is 17.8. The lowest BCUT2D eigenvalue weighted by Crippen LogP contribution is -2.51. The minimum Gasteiger partial charge on any atom is -0.336 e. The van der Waals surface area contributed by atoms with Gasteiger partial charge in [-0.1, -0.05) is 6.92 Å². The van der Waals surface area contributed by atoms with Crippen LogP contribution >= 0.6 is 0 Å². The van der Waals surface area contributed by atoms with Gasteiger partial charge in [0.1, 0.15) is 0 Å². The third-order valence-electron chi connectivity index (χ3n) is 5.67. The minimum atomic E-state index is 0.150. The number of rotatable bonds is 5. The van der Waals surface area contributed by atoms with E-state index < -0.39 is 0 Å². The molecule has 3 rings (SSSR count). The number of piperidine rings is 1. The molecule has 0 N–H and O–H groups in total. The van der Waals surface area contributed by atoms with Crippen LogP contribution in [-0.4, -0.2) is 83.2 Å². The summed E-state index contributed by atoms with van der Waals surface area (Å²) in [6.07, 6.45) is 5.45. The first-order chi connectivity index (χ1) is 12.1. The van der Waals surface area contributed by atoms with Crippen molar-refractivity contribution in [2.24, 2.45) is 5.92 Å². The van der Waals surface area contributed by atoms with E-state index in [4.69, 9.17) is 0 Å². The van der Waals surface area contributed by atoms with Gasteiger partial charge in [-0.3, -0.25) is 14.4 Å². The molecule has 25 heavy (non-hydrogen) atoms. The fourth-order valence-corrected chi connectivity index (χ4v) is 4.18. The number of piperazine rings is 1. The average molecular weight is 348 g/mol. The maximum atomic E-state index is 12.8. The third kappa shape index (κ3) is 4.42. The molecule has 0 aliphatic carbocycles. The molecular weight excluding hydrogens is 314 g/mol. The Morgan fingerprint density at radius 2 is 2.00 bits per heavy atom. The lowest BCUT2D eigenvalue weighted by Gasteiger charge is -2.38. The maximum Gasteiger partial charge on any atom is 0.257 e. The maximum absolute atomic E-state index is 12.8. The molecule has 140 valence electrons. The van der Waals surface area contributed by atoms with Crippen molar-refractivity contribution in [3.05, 3.63) is 17.5 Å². The highest BCUT2D eigenvalue weighted by Crippen LogP contribution is 2.18. The molecule has 6 heteroatoms. The highest BCUT2D eigenvalue weighted by atomic mass is 16.2. The van der Waals surface area contributed by atoms with Crippen LogP contribution in [0.4, 0.5) is 0 Å². The highest BCUT2D eigenvalue weighted by Gasteiger charge is 2.27. The van der Waals surface area contributed by atoms with Crippen molar-refractivity contribution in [2.45, 2.75) is 39.7 Å². The van der Waals surface area contributed by atoms with Crippen LogP contribution in [0.5, 0.6) is 0 Å². The molecule has 0 unspecified atom stereocenters. The number of amides is 1. The van der Waals surface area contributed by atoms with Gasteiger partial charge in [-0.2, -0.15) is 5.10 Å². The summed E-state index contributed by atoms with van der Waals surface area (Å²) >= 11 is 0. The molecule has 2 saturated heterocycles. The number of carbonyl (C=O) groups excluding carboxylic acids is 1. The van der Waals surface area contributed by atoms with Crippen LogP contribution in [0.15, 0.2) is 6.20 Å². The van der Waals surface area contributed by atoms with Gasteiger partial charge in [0.2, 0.25) is 0 Å². The summed E-state index contributed by atoms with van der Waals surface area (Å²) < 4.78 is 1.95. The molecule has 2 aliphatic rings. The first-order valence-electron chi connectivity index (χ1n) is 9.81. The summed E-state index contributed by atoms with van der Waals surface area (Å²) in [7, 11) is 2.23. The molecule has 1 aromatic heterocycles. The Bertz CT molecular complexity index is 576. The number of nitrogens with zero attached hydrogens (tertiary/aromatic N) is 5. The molecule has 0 bridgehead atoms. The van der Waals surface area contributed by atoms with Gasteiger partial charge >= 0.3 is 0 Å². The first-order valence-corrected chi connectivity index (χ1v) is 9.81. The minimum absolute atomic E-state index is 0.150. The second-order valence-corrected chi connectivity index (χ2v) is 7.73. The SMILES string of the molecule is CCCn1ncc(C(=O)N2CCN(C[C@H]3CCCN(C)C3)CC2)c1C. The van der Waals surface area contributed by atoms with E-state index >= 15 is 0 Å². The lowest BCUT2D eigenvalue weighted by molar-refractivity contribution is 0.0587. The molecule has 2 fully saturated rings. The number of carbonyl (C=O) groups is 1. The van der Waals surface area contributed by atoms with E-state index in [1.165, 1.54) is 32.5 Å². The Kier molecular flexibility index (Phi) is 6.12. The van der Waals surface area contributed by atoms with Gasteiger partial charge in [0.05, 0.1) is 11.8 Å². The van der Waals surface area contributed by atoms with Crippen molar-refractivity contribution >= 4 is 5.91 Å². The van der Waals surface area contributed by atoms with E-state index in [1.54, 1.807) is 6.20 Å². The second-order valence-electron chi connectivity index (χ2n) is 7.73. The molecule has 0 radical (unpaired) electrons. The molecule has 2 aliphatic heterocycles. The van der Waals surface area contributed by atoms with Crippen LogP contribution in [0.25, 0.3) is 0 Å². The quantitative estimate of drug-likeness (QED) is 0.813. The Hall–Kier alpha value is -1.40. The molecular formula is C19H33N5O. The number of aromatic nitrogens is 2. The van der Waals surface area contributed by atoms with Gasteiger partial charge in [-0.25, -0.2) is 0 Å². The predicted molar refractivity (Wildman–Crippen MR) is 99.8 cm³/mol. The van der Waals surface area contributed by atoms with Gasteiger partial charge in [0.25, 0.3) is 5.91 Å². The van der Waals surface area contributed by atoms with Crippen molar-refractivity contribution < 1.29 is 4.79 Å². The number of hydrogen-bond donors (Lipinski definition) is 0. The molecule has 1 atom stereocenters. The van der Waals surface area contributed by atoms with Crippen molar-refractivity contribution in [3.8, 4) is 0 Å². The largest absolute Gasteiger partial charge is 0.336 e. The summed E-state index contributed by atoms with van der Waals surface area (Å²) in [5.41, 5.74) is 1.77. The Morgan fingerprint density at radius 1 is 1.24 bits per heavy atom. The molecule has 0 spiro atoms. The normalized spacial score (nSPS) is 23.2. The second kappa shape index (κ2) is 8.32. The van der Waals surface area contributed by atoms with Gasteiger partial charge in [0.15, 0.2) is 0 Å². The van der Waals surface area contributed by atoms with Gasteiger partial charge in [-0.05, 0) is 45.7 Å². The van der Waals surface area contributed by atoms with Crippen LogP contribution in [-0.2, 0) is 6.54 Å². The van der Waals surface area contributed by atoms with Crippen LogP contribution in [0.2, 0.25) is 0 Å². The van der Waals surface area contributed by atoms with E-state index in [-0.39, 0.29) is 5.91 Å². The standard InChI is InChI=1S/C19H33N5O/c1-4-7-24-16(2)18(13-20-24)19(25)23-11-9-22(10-12-23)15-17-6-5-8-21(3)14-17/h13,17H,4-12,14-15H2,1-3H3/t17-/m0/s1. The summed E-state index contributed by atoms with van der Waals surface area (Å²) in [5, 5.41) is 4.37. The molecule has 1 aromatic rings. The van der Waals surface area contributed by atoms with E-state index in [2.05, 4.69) is 28.9 Å². The van der Waals surface area contributed by atoms with Crippen LogP contribution in [0.1, 0.15) is 42.2 Å². The van der Waals surface area contributed by atoms with Gasteiger partial charge in [-0.15, -0.1) is 0 Å². The van der Waals surface area contributed by atoms with Crippen LogP contribution in [0, 0.1) is 12.8 Å². The van der Waals surface area contributed by atoms with Crippen molar-refractivity contribution in [1.29, 1.82) is 0 Å². The zero-order valence-electron chi connectivity index (χ0n) is 16.1. The summed E-state index contributed by atoms with van der Waals surface area (Å²) in [4.78, 5) is 19.8. The monoisotopic (exact) mass is 347 g/mol. The summed E-state index contributed by atoms with van der Waals surface area (Å²) in [5.74, 6) is 0.937. The lowest BCUT2D eigenvalue weighted by atomic mass is 9.97. The van der Waals surface area contributed by atoms with Gasteiger partial charge in [0, 0.05) is 51.5 Å². The van der Waals surface area contributed by atoms with E-state index in [9.17, 15) is 4.79 Å². The summed E-state index contributed by atoms with van der Waals surface area (Å²) in [6, 6.07) is 0. The van der Waals surface area contributed by atoms with Crippen LogP contribution in [0.3, 0.4) is 0 Å². The first kappa shape index (κ1) is 18.4. The predicted octanol–water partition coefficient (Wildman–Crippen LogP) is 1.70. The molecule has 3 heterocycles. The van der Waals surface area contributed by atoms with E-state index in [0.717, 1.165) is 56.3 Å².